The Morgan fingerprint density at radius 2 is 2.22 bits per heavy atom. The second kappa shape index (κ2) is 7.13. The van der Waals surface area contributed by atoms with Gasteiger partial charge >= 0.3 is 0 Å². The SMILES string of the molecule is CN=C(NCc1noc(C)n1)NC1CCN(c2ccccc2)C1. The van der Waals surface area contributed by atoms with Crippen LogP contribution in [-0.4, -0.2) is 42.3 Å². The Morgan fingerprint density at radius 1 is 1.39 bits per heavy atom. The molecule has 0 amide bonds. The molecule has 0 aliphatic carbocycles. The van der Waals surface area contributed by atoms with Gasteiger partial charge in [-0.1, -0.05) is 23.4 Å². The Balaban J connectivity index is 1.50. The topological polar surface area (TPSA) is 78.6 Å². The zero-order valence-electron chi connectivity index (χ0n) is 13.5. The molecule has 1 fully saturated rings. The summed E-state index contributed by atoms with van der Waals surface area (Å²) in [5, 5.41) is 10.5. The summed E-state index contributed by atoms with van der Waals surface area (Å²) in [6.07, 6.45) is 1.08. The Morgan fingerprint density at radius 3 is 2.91 bits per heavy atom. The van der Waals surface area contributed by atoms with Gasteiger partial charge in [-0.15, -0.1) is 0 Å². The Hall–Kier alpha value is -2.57. The Bertz CT molecular complexity index is 654. The quantitative estimate of drug-likeness (QED) is 0.655. The summed E-state index contributed by atoms with van der Waals surface area (Å²) in [5.74, 6) is 1.95. The summed E-state index contributed by atoms with van der Waals surface area (Å²) in [6, 6.07) is 10.9. The summed E-state index contributed by atoms with van der Waals surface area (Å²) in [5.41, 5.74) is 1.27. The van der Waals surface area contributed by atoms with Crippen molar-refractivity contribution in [3.05, 3.63) is 42.0 Å². The molecule has 0 radical (unpaired) electrons. The van der Waals surface area contributed by atoms with E-state index in [4.69, 9.17) is 4.52 Å². The summed E-state index contributed by atoms with van der Waals surface area (Å²) >= 11 is 0. The lowest BCUT2D eigenvalue weighted by molar-refractivity contribution is 0.386. The van der Waals surface area contributed by atoms with Crippen molar-refractivity contribution in [2.45, 2.75) is 25.9 Å². The second-order valence-electron chi connectivity index (χ2n) is 5.57. The molecule has 1 aromatic heterocycles. The molecule has 122 valence electrons. The third kappa shape index (κ3) is 4.00. The predicted molar refractivity (Wildman–Crippen MR) is 89.4 cm³/mol. The number of nitrogens with one attached hydrogen (secondary N) is 2. The monoisotopic (exact) mass is 314 g/mol. The molecule has 0 spiro atoms. The van der Waals surface area contributed by atoms with Crippen LogP contribution < -0.4 is 15.5 Å². The molecular formula is C16H22N6O. The average Bonchev–Trinajstić information content (AvgIpc) is 3.21. The Kier molecular flexibility index (Phi) is 4.75. The van der Waals surface area contributed by atoms with Crippen molar-refractivity contribution in [2.24, 2.45) is 4.99 Å². The number of aliphatic imine (C=N–C) groups is 1. The van der Waals surface area contributed by atoms with Crippen molar-refractivity contribution in [2.75, 3.05) is 25.0 Å². The molecule has 1 aliphatic rings. The van der Waals surface area contributed by atoms with E-state index < -0.39 is 0 Å². The molecule has 1 saturated heterocycles. The highest BCUT2D eigenvalue weighted by Crippen LogP contribution is 2.19. The zero-order chi connectivity index (χ0) is 16.1. The molecule has 7 nitrogen and oxygen atoms in total. The first kappa shape index (κ1) is 15.3. The van der Waals surface area contributed by atoms with E-state index >= 15 is 0 Å². The van der Waals surface area contributed by atoms with E-state index in [1.807, 2.05) is 6.07 Å². The lowest BCUT2D eigenvalue weighted by Crippen LogP contribution is -2.44. The van der Waals surface area contributed by atoms with Crippen LogP contribution in [-0.2, 0) is 6.54 Å². The maximum atomic E-state index is 4.96. The standard InChI is InChI=1S/C16H22N6O/c1-12-19-15(21-23-12)10-18-16(17-2)20-13-8-9-22(11-13)14-6-4-3-5-7-14/h3-7,13H,8-11H2,1-2H3,(H2,17,18,20). The molecular weight excluding hydrogens is 292 g/mol. The van der Waals surface area contributed by atoms with Gasteiger partial charge in [0.15, 0.2) is 11.8 Å². The highest BCUT2D eigenvalue weighted by atomic mass is 16.5. The largest absolute Gasteiger partial charge is 0.369 e. The van der Waals surface area contributed by atoms with E-state index in [9.17, 15) is 0 Å². The van der Waals surface area contributed by atoms with Gasteiger partial charge < -0.3 is 20.1 Å². The molecule has 0 saturated carbocycles. The number of benzene rings is 1. The highest BCUT2D eigenvalue weighted by molar-refractivity contribution is 5.80. The molecule has 0 bridgehead atoms. The first-order valence-electron chi connectivity index (χ1n) is 7.81. The van der Waals surface area contributed by atoms with E-state index in [0.717, 1.165) is 25.5 Å². The minimum absolute atomic E-state index is 0.369. The van der Waals surface area contributed by atoms with Crippen LogP contribution in [0.5, 0.6) is 0 Å². The van der Waals surface area contributed by atoms with Crippen LogP contribution in [0.2, 0.25) is 0 Å². The van der Waals surface area contributed by atoms with Gasteiger partial charge in [0.05, 0.1) is 6.54 Å². The number of anilines is 1. The van der Waals surface area contributed by atoms with Crippen molar-refractivity contribution in [3.8, 4) is 0 Å². The molecule has 3 rings (SSSR count). The lowest BCUT2D eigenvalue weighted by Gasteiger charge is -2.20. The number of aromatic nitrogens is 2. The smallest absolute Gasteiger partial charge is 0.223 e. The molecule has 1 unspecified atom stereocenters. The number of guanidine groups is 1. The fraction of sp³-hybridized carbons (Fsp3) is 0.438. The van der Waals surface area contributed by atoms with Gasteiger partial charge in [0.1, 0.15) is 0 Å². The Labute approximate surface area is 135 Å². The minimum Gasteiger partial charge on any atom is -0.369 e. The molecule has 2 heterocycles. The van der Waals surface area contributed by atoms with E-state index in [2.05, 4.69) is 54.9 Å². The highest BCUT2D eigenvalue weighted by Gasteiger charge is 2.23. The third-order valence-electron chi connectivity index (χ3n) is 3.86. The number of hydrogen-bond donors (Lipinski definition) is 2. The normalized spacial score (nSPS) is 18.3. The average molecular weight is 314 g/mol. The van der Waals surface area contributed by atoms with Crippen LogP contribution in [0, 0.1) is 6.92 Å². The van der Waals surface area contributed by atoms with Crippen molar-refractivity contribution < 1.29 is 4.52 Å². The summed E-state index contributed by atoms with van der Waals surface area (Å²) in [7, 11) is 1.76. The van der Waals surface area contributed by atoms with Crippen molar-refractivity contribution in [3.63, 3.8) is 0 Å². The van der Waals surface area contributed by atoms with Crippen LogP contribution >= 0.6 is 0 Å². The first-order valence-corrected chi connectivity index (χ1v) is 7.81. The van der Waals surface area contributed by atoms with Crippen molar-refractivity contribution in [1.82, 2.24) is 20.8 Å². The second-order valence-corrected chi connectivity index (χ2v) is 5.57. The third-order valence-corrected chi connectivity index (χ3v) is 3.86. The van der Waals surface area contributed by atoms with Gasteiger partial charge in [0, 0.05) is 38.8 Å². The summed E-state index contributed by atoms with van der Waals surface area (Å²) < 4.78 is 4.96. The molecule has 2 aromatic rings. The van der Waals surface area contributed by atoms with Crippen LogP contribution in [0.25, 0.3) is 0 Å². The predicted octanol–water partition coefficient (Wildman–Crippen LogP) is 1.32. The summed E-state index contributed by atoms with van der Waals surface area (Å²) in [4.78, 5) is 10.8. The number of para-hydroxylation sites is 1. The van der Waals surface area contributed by atoms with Crippen LogP contribution in [0.15, 0.2) is 39.8 Å². The van der Waals surface area contributed by atoms with Gasteiger partial charge in [-0.3, -0.25) is 4.99 Å². The fourth-order valence-corrected chi connectivity index (χ4v) is 2.72. The van der Waals surface area contributed by atoms with Crippen molar-refractivity contribution >= 4 is 11.6 Å². The van der Waals surface area contributed by atoms with Crippen LogP contribution in [0.3, 0.4) is 0 Å². The zero-order valence-corrected chi connectivity index (χ0v) is 13.5. The molecule has 2 N–H and O–H groups in total. The first-order chi connectivity index (χ1) is 11.2. The molecule has 7 heteroatoms. The number of hydrogen-bond acceptors (Lipinski definition) is 5. The maximum Gasteiger partial charge on any atom is 0.223 e. The van der Waals surface area contributed by atoms with Gasteiger partial charge in [-0.25, -0.2) is 0 Å². The van der Waals surface area contributed by atoms with E-state index in [0.29, 0.717) is 24.3 Å². The maximum absolute atomic E-state index is 4.96. The number of rotatable bonds is 4. The molecule has 1 atom stereocenters. The molecule has 1 aliphatic heterocycles. The number of aryl methyl sites for hydroxylation is 1. The molecule has 1 aromatic carbocycles. The molecule has 23 heavy (non-hydrogen) atoms. The van der Waals surface area contributed by atoms with E-state index in [1.54, 1.807) is 14.0 Å². The minimum atomic E-state index is 0.369. The van der Waals surface area contributed by atoms with Gasteiger partial charge in [-0.2, -0.15) is 4.98 Å². The van der Waals surface area contributed by atoms with E-state index in [1.165, 1.54) is 5.69 Å². The summed E-state index contributed by atoms with van der Waals surface area (Å²) in [6.45, 7) is 4.28. The van der Waals surface area contributed by atoms with Crippen LogP contribution in [0.4, 0.5) is 5.69 Å². The lowest BCUT2D eigenvalue weighted by atomic mass is 10.3. The van der Waals surface area contributed by atoms with Crippen molar-refractivity contribution in [1.29, 1.82) is 0 Å². The number of nitrogens with zero attached hydrogens (tertiary/aromatic N) is 4. The van der Waals surface area contributed by atoms with Gasteiger partial charge in [0.25, 0.3) is 0 Å². The van der Waals surface area contributed by atoms with E-state index in [-0.39, 0.29) is 0 Å². The van der Waals surface area contributed by atoms with Gasteiger partial charge in [-0.05, 0) is 18.6 Å². The van der Waals surface area contributed by atoms with Gasteiger partial charge in [0.2, 0.25) is 5.89 Å². The fourth-order valence-electron chi connectivity index (χ4n) is 2.72. The van der Waals surface area contributed by atoms with Crippen LogP contribution in [0.1, 0.15) is 18.1 Å².